The van der Waals surface area contributed by atoms with Gasteiger partial charge in [0.05, 0.1) is 23.3 Å². The van der Waals surface area contributed by atoms with Crippen LogP contribution < -0.4 is 5.73 Å². The second kappa shape index (κ2) is 5.82. The van der Waals surface area contributed by atoms with Gasteiger partial charge in [-0.1, -0.05) is 26.1 Å². The summed E-state index contributed by atoms with van der Waals surface area (Å²) < 4.78 is 5.79. The standard InChI is InChI=1S/C13H26N2O2S/c1-12(2,11(14)18)5-6-15-7-10(8-16)17-13(3,4)9-15/h10,16H,5-9H2,1-4H3,(H2,14,18). The number of hydrogen-bond acceptors (Lipinski definition) is 4. The fourth-order valence-corrected chi connectivity index (χ4v) is 2.34. The van der Waals surface area contributed by atoms with Gasteiger partial charge in [0.1, 0.15) is 0 Å². The summed E-state index contributed by atoms with van der Waals surface area (Å²) in [4.78, 5) is 2.89. The number of nitrogens with two attached hydrogens (primary N) is 1. The van der Waals surface area contributed by atoms with Crippen LogP contribution in [0.5, 0.6) is 0 Å². The lowest BCUT2D eigenvalue weighted by atomic mass is 9.89. The Labute approximate surface area is 115 Å². The minimum absolute atomic E-state index is 0.0681. The Bertz CT molecular complexity index is 305. The highest BCUT2D eigenvalue weighted by Gasteiger charge is 2.33. The first-order valence-corrected chi connectivity index (χ1v) is 6.88. The highest BCUT2D eigenvalue weighted by molar-refractivity contribution is 7.80. The van der Waals surface area contributed by atoms with Gasteiger partial charge in [-0.2, -0.15) is 0 Å². The Morgan fingerprint density at radius 1 is 1.56 bits per heavy atom. The molecule has 106 valence electrons. The lowest BCUT2D eigenvalue weighted by Gasteiger charge is -2.43. The van der Waals surface area contributed by atoms with E-state index < -0.39 is 0 Å². The summed E-state index contributed by atoms with van der Waals surface area (Å²) in [6, 6.07) is 0. The normalized spacial score (nSPS) is 25.1. The number of thiocarbonyl (C=S) groups is 1. The van der Waals surface area contributed by atoms with Crippen molar-refractivity contribution in [2.45, 2.75) is 45.8 Å². The van der Waals surface area contributed by atoms with Crippen LogP contribution in [-0.4, -0.2) is 52.9 Å². The molecule has 1 fully saturated rings. The average Bonchev–Trinajstić information content (AvgIpc) is 2.24. The van der Waals surface area contributed by atoms with Gasteiger partial charge in [-0.3, -0.25) is 4.90 Å². The maximum absolute atomic E-state index is 9.26. The molecular formula is C13H26N2O2S. The zero-order valence-electron chi connectivity index (χ0n) is 11.9. The number of rotatable bonds is 5. The van der Waals surface area contributed by atoms with Crippen molar-refractivity contribution in [2.75, 3.05) is 26.2 Å². The summed E-state index contributed by atoms with van der Waals surface area (Å²) >= 11 is 5.08. The molecule has 5 heteroatoms. The van der Waals surface area contributed by atoms with Crippen LogP contribution in [0.15, 0.2) is 0 Å². The molecule has 18 heavy (non-hydrogen) atoms. The van der Waals surface area contributed by atoms with Gasteiger partial charge in [0, 0.05) is 18.5 Å². The molecule has 0 amide bonds. The minimum Gasteiger partial charge on any atom is -0.394 e. The fourth-order valence-electron chi connectivity index (χ4n) is 2.24. The molecule has 0 spiro atoms. The molecule has 1 unspecified atom stereocenters. The molecule has 0 radical (unpaired) electrons. The predicted octanol–water partition coefficient (Wildman–Crippen LogP) is 1.16. The Morgan fingerprint density at radius 2 is 2.17 bits per heavy atom. The second-order valence-electron chi connectivity index (χ2n) is 6.42. The van der Waals surface area contributed by atoms with Gasteiger partial charge in [-0.25, -0.2) is 0 Å². The quantitative estimate of drug-likeness (QED) is 0.737. The second-order valence-corrected chi connectivity index (χ2v) is 6.86. The van der Waals surface area contributed by atoms with Gasteiger partial charge in [0.2, 0.25) is 0 Å². The van der Waals surface area contributed by atoms with Crippen LogP contribution in [0.3, 0.4) is 0 Å². The summed E-state index contributed by atoms with van der Waals surface area (Å²) in [6.45, 7) is 10.9. The van der Waals surface area contributed by atoms with Gasteiger partial charge in [0.25, 0.3) is 0 Å². The van der Waals surface area contributed by atoms with Crippen molar-refractivity contribution >= 4 is 17.2 Å². The molecule has 1 saturated heterocycles. The topological polar surface area (TPSA) is 58.7 Å². The van der Waals surface area contributed by atoms with Crippen LogP contribution in [0.1, 0.15) is 34.1 Å². The van der Waals surface area contributed by atoms with Crippen molar-refractivity contribution in [3.05, 3.63) is 0 Å². The fraction of sp³-hybridized carbons (Fsp3) is 0.923. The molecule has 0 saturated carbocycles. The van der Waals surface area contributed by atoms with Gasteiger partial charge in [-0.15, -0.1) is 0 Å². The first-order valence-electron chi connectivity index (χ1n) is 6.47. The van der Waals surface area contributed by atoms with E-state index in [2.05, 4.69) is 32.6 Å². The smallest absolute Gasteiger partial charge is 0.0940 e. The first kappa shape index (κ1) is 15.8. The van der Waals surface area contributed by atoms with Crippen molar-refractivity contribution in [1.82, 2.24) is 4.90 Å². The lowest BCUT2D eigenvalue weighted by molar-refractivity contribution is -0.149. The molecule has 1 heterocycles. The Kier molecular flexibility index (Phi) is 5.12. The molecule has 3 N–H and O–H groups in total. The molecule has 1 rings (SSSR count). The Morgan fingerprint density at radius 3 is 2.67 bits per heavy atom. The Hall–Kier alpha value is -0.230. The van der Waals surface area contributed by atoms with Gasteiger partial charge >= 0.3 is 0 Å². The lowest BCUT2D eigenvalue weighted by Crippen LogP contribution is -2.54. The number of morpholine rings is 1. The zero-order chi connectivity index (χ0) is 14.0. The van der Waals surface area contributed by atoms with Crippen molar-refractivity contribution in [3.8, 4) is 0 Å². The maximum atomic E-state index is 9.26. The molecule has 1 aliphatic heterocycles. The number of ether oxygens (including phenoxy) is 1. The highest BCUT2D eigenvalue weighted by atomic mass is 32.1. The van der Waals surface area contributed by atoms with E-state index in [9.17, 15) is 5.11 Å². The van der Waals surface area contributed by atoms with Crippen LogP contribution in [0.25, 0.3) is 0 Å². The third-order valence-corrected chi connectivity index (χ3v) is 4.03. The maximum Gasteiger partial charge on any atom is 0.0940 e. The molecule has 1 atom stereocenters. The van der Waals surface area contributed by atoms with Gasteiger partial charge in [0.15, 0.2) is 0 Å². The van der Waals surface area contributed by atoms with E-state index in [0.29, 0.717) is 4.99 Å². The number of nitrogens with zero attached hydrogens (tertiary/aromatic N) is 1. The van der Waals surface area contributed by atoms with E-state index in [0.717, 1.165) is 26.1 Å². The SMILES string of the molecule is CC1(C)CN(CCC(C)(C)C(N)=S)CC(CO)O1. The largest absolute Gasteiger partial charge is 0.394 e. The van der Waals surface area contributed by atoms with Crippen LogP contribution >= 0.6 is 12.2 Å². The van der Waals surface area contributed by atoms with Crippen LogP contribution in [0.4, 0.5) is 0 Å². The van der Waals surface area contributed by atoms with E-state index in [1.54, 1.807) is 0 Å². The molecule has 0 aliphatic carbocycles. The highest BCUT2D eigenvalue weighted by Crippen LogP contribution is 2.25. The number of aliphatic hydroxyl groups is 1. The zero-order valence-corrected chi connectivity index (χ0v) is 12.7. The van der Waals surface area contributed by atoms with Crippen LogP contribution in [-0.2, 0) is 4.74 Å². The van der Waals surface area contributed by atoms with E-state index >= 15 is 0 Å². The molecule has 0 aromatic carbocycles. The van der Waals surface area contributed by atoms with E-state index in [-0.39, 0.29) is 23.7 Å². The Balaban J connectivity index is 2.54. The van der Waals surface area contributed by atoms with E-state index in [1.165, 1.54) is 0 Å². The number of hydrogen-bond donors (Lipinski definition) is 2. The molecular weight excluding hydrogens is 248 g/mol. The molecule has 0 aromatic rings. The van der Waals surface area contributed by atoms with Gasteiger partial charge < -0.3 is 15.6 Å². The summed E-state index contributed by atoms with van der Waals surface area (Å²) in [5, 5.41) is 9.26. The molecule has 0 bridgehead atoms. The third kappa shape index (κ3) is 4.46. The summed E-state index contributed by atoms with van der Waals surface area (Å²) in [5.41, 5.74) is 5.41. The van der Waals surface area contributed by atoms with Crippen molar-refractivity contribution < 1.29 is 9.84 Å². The summed E-state index contributed by atoms with van der Waals surface area (Å²) in [7, 11) is 0. The van der Waals surface area contributed by atoms with Crippen LogP contribution in [0, 0.1) is 5.41 Å². The number of aliphatic hydroxyl groups excluding tert-OH is 1. The molecule has 0 aromatic heterocycles. The summed E-state index contributed by atoms with van der Waals surface area (Å²) in [5.74, 6) is 0. The summed E-state index contributed by atoms with van der Waals surface area (Å²) in [6.07, 6.45) is 0.831. The minimum atomic E-state index is -0.209. The van der Waals surface area contributed by atoms with Crippen LogP contribution in [0.2, 0.25) is 0 Å². The van der Waals surface area contributed by atoms with E-state index in [1.807, 2.05) is 0 Å². The van der Waals surface area contributed by atoms with Gasteiger partial charge in [-0.05, 0) is 26.8 Å². The van der Waals surface area contributed by atoms with Crippen molar-refractivity contribution in [2.24, 2.45) is 11.1 Å². The first-order chi connectivity index (χ1) is 8.16. The van der Waals surface area contributed by atoms with Crippen molar-refractivity contribution in [1.29, 1.82) is 0 Å². The van der Waals surface area contributed by atoms with Crippen molar-refractivity contribution in [3.63, 3.8) is 0 Å². The van der Waals surface area contributed by atoms with E-state index in [4.69, 9.17) is 22.7 Å². The molecule has 1 aliphatic rings. The third-order valence-electron chi connectivity index (χ3n) is 3.48. The molecule has 4 nitrogen and oxygen atoms in total. The predicted molar refractivity (Wildman–Crippen MR) is 77.7 cm³/mol. The average molecular weight is 274 g/mol. The monoisotopic (exact) mass is 274 g/mol.